The van der Waals surface area contributed by atoms with Gasteiger partial charge in [0.25, 0.3) is 0 Å². The molecule has 0 bridgehead atoms. The molecule has 10 heteroatoms. The molecule has 4 aromatic rings. The number of rotatable bonds is 4. The Bertz CT molecular complexity index is 1370. The van der Waals surface area contributed by atoms with Gasteiger partial charge in [0.05, 0.1) is 35.6 Å². The SMILES string of the molecule is Nc1nc(N)c2cnn(C3Cc4ccccc4N(S(=O)(=O)Cc4ccccc4)C3)c2n1. The molecule has 4 N–H and O–H groups in total. The van der Waals surface area contributed by atoms with Crippen LogP contribution in [0.15, 0.2) is 60.8 Å². The summed E-state index contributed by atoms with van der Waals surface area (Å²) >= 11 is 0. The summed E-state index contributed by atoms with van der Waals surface area (Å²) in [6, 6.07) is 16.4. The van der Waals surface area contributed by atoms with Crippen LogP contribution in [0.1, 0.15) is 17.2 Å². The number of benzene rings is 2. The van der Waals surface area contributed by atoms with Crippen molar-refractivity contribution in [2.75, 3.05) is 22.3 Å². The normalized spacial score (nSPS) is 16.4. The van der Waals surface area contributed by atoms with E-state index in [2.05, 4.69) is 15.1 Å². The number of sulfonamides is 1. The Hall–Kier alpha value is -3.66. The number of para-hydroxylation sites is 1. The highest BCUT2D eigenvalue weighted by molar-refractivity contribution is 7.92. The van der Waals surface area contributed by atoms with Gasteiger partial charge < -0.3 is 11.5 Å². The summed E-state index contributed by atoms with van der Waals surface area (Å²) in [4.78, 5) is 8.28. The fraction of sp³-hybridized carbons (Fsp3) is 0.190. The molecule has 31 heavy (non-hydrogen) atoms. The third-order valence-electron chi connectivity index (χ3n) is 5.47. The average Bonchev–Trinajstić information content (AvgIpc) is 3.17. The van der Waals surface area contributed by atoms with Gasteiger partial charge in [-0.25, -0.2) is 13.1 Å². The van der Waals surface area contributed by atoms with Gasteiger partial charge >= 0.3 is 0 Å². The second kappa shape index (κ2) is 7.24. The molecule has 2 aromatic carbocycles. The first kappa shape index (κ1) is 19.3. The van der Waals surface area contributed by atoms with Gasteiger partial charge in [-0.05, 0) is 23.6 Å². The molecule has 1 aliphatic heterocycles. The topological polar surface area (TPSA) is 133 Å². The van der Waals surface area contributed by atoms with Crippen LogP contribution in [0, 0.1) is 0 Å². The number of aromatic nitrogens is 4. The van der Waals surface area contributed by atoms with E-state index in [-0.39, 0.29) is 30.1 Å². The van der Waals surface area contributed by atoms with Crippen LogP contribution < -0.4 is 15.8 Å². The van der Waals surface area contributed by atoms with E-state index in [1.807, 2.05) is 54.6 Å². The Balaban J connectivity index is 1.58. The largest absolute Gasteiger partial charge is 0.383 e. The standard InChI is InChI=1S/C21H21N7O2S/c22-19-17-11-24-28(20(17)26-21(23)25-19)16-10-15-8-4-5-9-18(15)27(12-16)31(29,30)13-14-6-2-1-3-7-14/h1-9,11,16H,10,12-13H2,(H4,22,23,25,26). The Morgan fingerprint density at radius 3 is 2.55 bits per heavy atom. The van der Waals surface area contributed by atoms with Crippen molar-refractivity contribution in [3.8, 4) is 0 Å². The predicted molar refractivity (Wildman–Crippen MR) is 120 cm³/mol. The van der Waals surface area contributed by atoms with E-state index < -0.39 is 10.0 Å². The highest BCUT2D eigenvalue weighted by Gasteiger charge is 2.34. The molecule has 1 aliphatic rings. The van der Waals surface area contributed by atoms with Crippen molar-refractivity contribution in [3.05, 3.63) is 71.9 Å². The van der Waals surface area contributed by atoms with E-state index >= 15 is 0 Å². The molecule has 0 saturated carbocycles. The Morgan fingerprint density at radius 1 is 1.00 bits per heavy atom. The fourth-order valence-electron chi connectivity index (χ4n) is 4.06. The molecular weight excluding hydrogens is 414 g/mol. The van der Waals surface area contributed by atoms with Crippen LogP contribution in [-0.4, -0.2) is 34.7 Å². The number of hydrogen-bond acceptors (Lipinski definition) is 7. The number of nitrogens with zero attached hydrogens (tertiary/aromatic N) is 5. The predicted octanol–water partition coefficient (Wildman–Crippen LogP) is 2.12. The zero-order valence-corrected chi connectivity index (χ0v) is 17.4. The quantitative estimate of drug-likeness (QED) is 0.501. The third-order valence-corrected chi connectivity index (χ3v) is 7.18. The summed E-state index contributed by atoms with van der Waals surface area (Å²) < 4.78 is 30.0. The molecule has 3 heterocycles. The van der Waals surface area contributed by atoms with Crippen molar-refractivity contribution in [1.29, 1.82) is 0 Å². The second-order valence-corrected chi connectivity index (χ2v) is 9.45. The van der Waals surface area contributed by atoms with Crippen LogP contribution in [0.25, 0.3) is 11.0 Å². The molecule has 0 amide bonds. The molecule has 5 rings (SSSR count). The van der Waals surface area contributed by atoms with Gasteiger partial charge in [0.2, 0.25) is 16.0 Å². The maximum absolute atomic E-state index is 13.4. The lowest BCUT2D eigenvalue weighted by Gasteiger charge is -2.35. The van der Waals surface area contributed by atoms with Gasteiger partial charge in [-0.3, -0.25) is 4.31 Å². The molecule has 1 unspecified atom stereocenters. The number of hydrogen-bond donors (Lipinski definition) is 2. The van der Waals surface area contributed by atoms with Gasteiger partial charge in [-0.15, -0.1) is 0 Å². The van der Waals surface area contributed by atoms with Gasteiger partial charge in [0.1, 0.15) is 5.82 Å². The highest BCUT2D eigenvalue weighted by Crippen LogP contribution is 2.35. The summed E-state index contributed by atoms with van der Waals surface area (Å²) in [6.45, 7) is 0.229. The maximum Gasteiger partial charge on any atom is 0.239 e. The molecule has 2 aromatic heterocycles. The molecule has 9 nitrogen and oxygen atoms in total. The van der Waals surface area contributed by atoms with Crippen LogP contribution in [-0.2, 0) is 22.2 Å². The lowest BCUT2D eigenvalue weighted by Crippen LogP contribution is -2.41. The minimum absolute atomic E-state index is 0.0523. The Kier molecular flexibility index (Phi) is 4.51. The number of fused-ring (bicyclic) bond motifs is 2. The van der Waals surface area contributed by atoms with Crippen LogP contribution >= 0.6 is 0 Å². The summed E-state index contributed by atoms with van der Waals surface area (Å²) in [7, 11) is -3.63. The number of nitrogen functional groups attached to an aromatic ring is 2. The Labute approximate surface area is 179 Å². The molecule has 0 saturated heterocycles. The number of anilines is 3. The van der Waals surface area contributed by atoms with Crippen molar-refractivity contribution in [3.63, 3.8) is 0 Å². The van der Waals surface area contributed by atoms with Crippen molar-refractivity contribution in [2.24, 2.45) is 0 Å². The zero-order valence-electron chi connectivity index (χ0n) is 16.6. The number of nitrogens with two attached hydrogens (primary N) is 2. The van der Waals surface area contributed by atoms with Crippen molar-refractivity contribution in [1.82, 2.24) is 19.7 Å². The van der Waals surface area contributed by atoms with E-state index in [0.717, 1.165) is 11.1 Å². The molecule has 1 atom stereocenters. The van der Waals surface area contributed by atoms with Crippen LogP contribution in [0.2, 0.25) is 0 Å². The van der Waals surface area contributed by atoms with E-state index in [1.165, 1.54) is 4.31 Å². The van der Waals surface area contributed by atoms with Crippen LogP contribution in [0.4, 0.5) is 17.5 Å². The Morgan fingerprint density at radius 2 is 1.74 bits per heavy atom. The highest BCUT2D eigenvalue weighted by atomic mass is 32.2. The first-order valence-electron chi connectivity index (χ1n) is 9.81. The lowest BCUT2D eigenvalue weighted by molar-refractivity contribution is 0.456. The lowest BCUT2D eigenvalue weighted by atomic mass is 10.00. The minimum atomic E-state index is -3.63. The smallest absolute Gasteiger partial charge is 0.239 e. The van der Waals surface area contributed by atoms with Gasteiger partial charge in [0, 0.05) is 0 Å². The zero-order chi connectivity index (χ0) is 21.6. The summed E-state index contributed by atoms with van der Waals surface area (Å²) in [6.07, 6.45) is 2.20. The molecule has 158 valence electrons. The third kappa shape index (κ3) is 3.44. The summed E-state index contributed by atoms with van der Waals surface area (Å²) in [5.74, 6) is 0.214. The van der Waals surface area contributed by atoms with E-state index in [4.69, 9.17) is 11.5 Å². The van der Waals surface area contributed by atoms with E-state index in [1.54, 1.807) is 10.9 Å². The maximum atomic E-state index is 13.4. The second-order valence-electron chi connectivity index (χ2n) is 7.55. The first-order chi connectivity index (χ1) is 14.9. The van der Waals surface area contributed by atoms with Gasteiger partial charge in [-0.1, -0.05) is 48.5 Å². The first-order valence-corrected chi connectivity index (χ1v) is 11.4. The molecule has 0 fully saturated rings. The molecule has 0 aliphatic carbocycles. The fourth-order valence-corrected chi connectivity index (χ4v) is 5.70. The van der Waals surface area contributed by atoms with E-state index in [0.29, 0.717) is 23.1 Å². The summed E-state index contributed by atoms with van der Waals surface area (Å²) in [5.41, 5.74) is 14.6. The molecule has 0 radical (unpaired) electrons. The van der Waals surface area contributed by atoms with Crippen molar-refractivity contribution in [2.45, 2.75) is 18.2 Å². The minimum Gasteiger partial charge on any atom is -0.383 e. The van der Waals surface area contributed by atoms with Crippen molar-refractivity contribution < 1.29 is 8.42 Å². The van der Waals surface area contributed by atoms with Gasteiger partial charge in [0.15, 0.2) is 5.65 Å². The van der Waals surface area contributed by atoms with Crippen LogP contribution in [0.3, 0.4) is 0 Å². The van der Waals surface area contributed by atoms with E-state index in [9.17, 15) is 8.42 Å². The molecule has 0 spiro atoms. The average molecular weight is 436 g/mol. The van der Waals surface area contributed by atoms with Crippen molar-refractivity contribution >= 4 is 38.5 Å². The molecular formula is C21H21N7O2S. The summed E-state index contributed by atoms with van der Waals surface area (Å²) in [5, 5.41) is 5.04. The van der Waals surface area contributed by atoms with Gasteiger partial charge in [-0.2, -0.15) is 15.1 Å². The van der Waals surface area contributed by atoms with Crippen LogP contribution in [0.5, 0.6) is 0 Å². The monoisotopic (exact) mass is 435 g/mol.